The van der Waals surface area contributed by atoms with E-state index in [2.05, 4.69) is 32.6 Å². The first-order valence-electron chi connectivity index (χ1n) is 5.72. The fourth-order valence-electron chi connectivity index (χ4n) is 2.07. The summed E-state index contributed by atoms with van der Waals surface area (Å²) in [5, 5.41) is 1.83. The molecule has 2 N–H and O–H groups in total. The molecule has 0 bridgehead atoms. The van der Waals surface area contributed by atoms with Gasteiger partial charge in [-0.15, -0.1) is 0 Å². The number of aromatic nitrogens is 2. The third-order valence-corrected chi connectivity index (χ3v) is 4.42. The Hall–Kier alpha value is -1.11. The van der Waals surface area contributed by atoms with Gasteiger partial charge in [-0.2, -0.15) is 0 Å². The first-order chi connectivity index (χ1) is 9.58. The summed E-state index contributed by atoms with van der Waals surface area (Å²) in [6.45, 7) is 0. The summed E-state index contributed by atoms with van der Waals surface area (Å²) in [5.74, 6) is 0.452. The number of fused-ring (bicyclic) bond motifs is 1. The van der Waals surface area contributed by atoms with Crippen LogP contribution in [0.1, 0.15) is 0 Å². The average Bonchev–Trinajstić information content (AvgIpc) is 2.42. The highest BCUT2D eigenvalue weighted by atomic mass is 127. The predicted octanol–water partition coefficient (Wildman–Crippen LogP) is 4.79. The Kier molecular flexibility index (Phi) is 3.70. The first kappa shape index (κ1) is 13.9. The number of anilines is 1. The molecular weight excluding hydrogens is 408 g/mol. The fraction of sp³-hybridized carbons (Fsp3) is 0. The van der Waals surface area contributed by atoms with Gasteiger partial charge in [0.1, 0.15) is 12.1 Å². The predicted molar refractivity (Wildman–Crippen MR) is 92.1 cm³/mol. The van der Waals surface area contributed by atoms with E-state index in [1.165, 1.54) is 6.33 Å². The summed E-state index contributed by atoms with van der Waals surface area (Å²) in [6.07, 6.45) is 1.45. The van der Waals surface area contributed by atoms with E-state index in [1.54, 1.807) is 6.07 Å². The highest BCUT2D eigenvalue weighted by molar-refractivity contribution is 14.1. The summed E-state index contributed by atoms with van der Waals surface area (Å²) < 4.78 is 1.03. The molecular formula is C14H8Cl2IN3. The van der Waals surface area contributed by atoms with Crippen LogP contribution in [0.2, 0.25) is 10.0 Å². The zero-order valence-corrected chi connectivity index (χ0v) is 13.7. The molecule has 6 heteroatoms. The van der Waals surface area contributed by atoms with Crippen LogP contribution in [0.15, 0.2) is 36.7 Å². The largest absolute Gasteiger partial charge is 0.383 e. The van der Waals surface area contributed by atoms with Crippen LogP contribution in [0.25, 0.3) is 22.0 Å². The van der Waals surface area contributed by atoms with Crippen molar-refractivity contribution in [3.8, 4) is 11.1 Å². The molecule has 1 aromatic heterocycles. The van der Waals surface area contributed by atoms with Crippen LogP contribution in [0.5, 0.6) is 0 Å². The van der Waals surface area contributed by atoms with E-state index >= 15 is 0 Å². The Morgan fingerprint density at radius 1 is 1.05 bits per heavy atom. The van der Waals surface area contributed by atoms with Gasteiger partial charge in [0, 0.05) is 20.1 Å². The van der Waals surface area contributed by atoms with Crippen molar-refractivity contribution in [1.29, 1.82) is 0 Å². The van der Waals surface area contributed by atoms with Crippen molar-refractivity contribution in [2.24, 2.45) is 0 Å². The zero-order chi connectivity index (χ0) is 14.3. The van der Waals surface area contributed by atoms with Crippen molar-refractivity contribution >= 4 is 62.5 Å². The normalized spacial score (nSPS) is 10.9. The molecule has 0 aliphatic carbocycles. The van der Waals surface area contributed by atoms with E-state index in [9.17, 15) is 0 Å². The molecule has 100 valence electrons. The lowest BCUT2D eigenvalue weighted by Gasteiger charge is -2.10. The number of benzene rings is 2. The maximum absolute atomic E-state index is 6.31. The quantitative estimate of drug-likeness (QED) is 0.581. The molecule has 0 spiro atoms. The minimum absolute atomic E-state index is 0.452. The number of nitrogens with two attached hydrogens (primary N) is 1. The van der Waals surface area contributed by atoms with Crippen LogP contribution in [0.4, 0.5) is 5.82 Å². The van der Waals surface area contributed by atoms with Gasteiger partial charge in [-0.25, -0.2) is 9.97 Å². The van der Waals surface area contributed by atoms with Crippen LogP contribution in [0, 0.1) is 3.57 Å². The molecule has 3 nitrogen and oxygen atoms in total. The Bertz CT molecular complexity index is 821. The average molecular weight is 416 g/mol. The van der Waals surface area contributed by atoms with E-state index in [-0.39, 0.29) is 0 Å². The molecule has 0 unspecified atom stereocenters. The smallest absolute Gasteiger partial charge is 0.134 e. The molecule has 1 heterocycles. The summed E-state index contributed by atoms with van der Waals surface area (Å²) in [5.41, 5.74) is 8.42. The molecule has 0 saturated carbocycles. The van der Waals surface area contributed by atoms with Crippen LogP contribution in [-0.2, 0) is 0 Å². The zero-order valence-electron chi connectivity index (χ0n) is 10.1. The van der Waals surface area contributed by atoms with Gasteiger partial charge in [0.25, 0.3) is 0 Å². The van der Waals surface area contributed by atoms with E-state index in [4.69, 9.17) is 28.9 Å². The Morgan fingerprint density at radius 2 is 1.85 bits per heavy atom. The maximum Gasteiger partial charge on any atom is 0.134 e. The molecule has 0 radical (unpaired) electrons. The maximum atomic E-state index is 6.31. The highest BCUT2D eigenvalue weighted by Gasteiger charge is 2.13. The first-order valence-corrected chi connectivity index (χ1v) is 7.55. The van der Waals surface area contributed by atoms with Gasteiger partial charge >= 0.3 is 0 Å². The summed E-state index contributed by atoms with van der Waals surface area (Å²) in [6, 6.07) is 9.49. The SMILES string of the molecule is Nc1ncnc2c(-c3cccc(Cl)c3Cl)cc(I)cc12. The Balaban J connectivity index is 2.42. The molecule has 3 aromatic rings. The van der Waals surface area contributed by atoms with Gasteiger partial charge in [-0.1, -0.05) is 35.3 Å². The van der Waals surface area contributed by atoms with Crippen LogP contribution >= 0.6 is 45.8 Å². The number of nitrogens with zero attached hydrogens (tertiary/aromatic N) is 2. The molecule has 0 aliphatic rings. The number of hydrogen-bond donors (Lipinski definition) is 1. The Labute approximate surface area is 139 Å². The third-order valence-electron chi connectivity index (χ3n) is 2.98. The number of nitrogen functional groups attached to an aromatic ring is 1. The van der Waals surface area contributed by atoms with E-state index < -0.39 is 0 Å². The number of halogens is 3. The second kappa shape index (κ2) is 5.35. The van der Waals surface area contributed by atoms with E-state index in [1.807, 2.05) is 24.3 Å². The minimum Gasteiger partial charge on any atom is -0.383 e. The number of rotatable bonds is 1. The molecule has 0 aliphatic heterocycles. The van der Waals surface area contributed by atoms with Gasteiger partial charge < -0.3 is 5.73 Å². The molecule has 3 rings (SSSR count). The molecule has 0 atom stereocenters. The number of hydrogen-bond acceptors (Lipinski definition) is 3. The third kappa shape index (κ3) is 2.32. The summed E-state index contributed by atoms with van der Waals surface area (Å²) in [7, 11) is 0. The summed E-state index contributed by atoms with van der Waals surface area (Å²) >= 11 is 14.6. The van der Waals surface area contributed by atoms with Crippen molar-refractivity contribution in [2.45, 2.75) is 0 Å². The topological polar surface area (TPSA) is 51.8 Å². The Morgan fingerprint density at radius 3 is 2.65 bits per heavy atom. The van der Waals surface area contributed by atoms with Gasteiger partial charge in [0.05, 0.1) is 15.6 Å². The lowest BCUT2D eigenvalue weighted by molar-refractivity contribution is 1.23. The second-order valence-corrected chi connectivity index (χ2v) is 6.24. The summed E-state index contributed by atoms with van der Waals surface area (Å²) in [4.78, 5) is 8.36. The monoisotopic (exact) mass is 415 g/mol. The molecule has 2 aromatic carbocycles. The van der Waals surface area contributed by atoms with E-state index in [0.717, 1.165) is 25.6 Å². The van der Waals surface area contributed by atoms with Crippen molar-refractivity contribution in [2.75, 3.05) is 5.73 Å². The van der Waals surface area contributed by atoms with Crippen LogP contribution < -0.4 is 5.73 Å². The van der Waals surface area contributed by atoms with Crippen LogP contribution in [0.3, 0.4) is 0 Å². The van der Waals surface area contributed by atoms with Gasteiger partial charge in [0.15, 0.2) is 0 Å². The highest BCUT2D eigenvalue weighted by Crippen LogP contribution is 2.38. The molecule has 20 heavy (non-hydrogen) atoms. The van der Waals surface area contributed by atoms with Gasteiger partial charge in [0.2, 0.25) is 0 Å². The lowest BCUT2D eigenvalue weighted by Crippen LogP contribution is -1.96. The van der Waals surface area contributed by atoms with Crippen molar-refractivity contribution in [3.63, 3.8) is 0 Å². The standard InChI is InChI=1S/C14H8Cl2IN3/c15-11-3-1-2-8(12(11)16)9-4-7(17)5-10-13(9)19-6-20-14(10)18/h1-6H,(H2,18,19,20). The van der Waals surface area contributed by atoms with Crippen molar-refractivity contribution in [3.05, 3.63) is 50.3 Å². The molecule has 0 amide bonds. The fourth-order valence-corrected chi connectivity index (χ4v) is 3.09. The minimum atomic E-state index is 0.452. The molecule has 0 fully saturated rings. The van der Waals surface area contributed by atoms with Gasteiger partial charge in [-0.05, 0) is 40.8 Å². The van der Waals surface area contributed by atoms with Crippen LogP contribution in [-0.4, -0.2) is 9.97 Å². The van der Waals surface area contributed by atoms with Gasteiger partial charge in [-0.3, -0.25) is 0 Å². The molecule has 0 saturated heterocycles. The second-order valence-electron chi connectivity index (χ2n) is 4.21. The lowest BCUT2D eigenvalue weighted by atomic mass is 10.0. The van der Waals surface area contributed by atoms with Crippen molar-refractivity contribution < 1.29 is 0 Å². The van der Waals surface area contributed by atoms with Crippen molar-refractivity contribution in [1.82, 2.24) is 9.97 Å². The van der Waals surface area contributed by atoms with E-state index in [0.29, 0.717) is 15.9 Å².